The second-order valence-electron chi connectivity index (χ2n) is 4.89. The zero-order valence-electron chi connectivity index (χ0n) is 11.8. The summed E-state index contributed by atoms with van der Waals surface area (Å²) >= 11 is 0. The van der Waals surface area contributed by atoms with Crippen LogP contribution < -0.4 is 10.2 Å². The van der Waals surface area contributed by atoms with Crippen molar-refractivity contribution in [2.24, 2.45) is 0 Å². The van der Waals surface area contributed by atoms with E-state index in [0.29, 0.717) is 12.5 Å². The van der Waals surface area contributed by atoms with E-state index < -0.39 is 0 Å². The average molecular weight is 266 g/mol. The number of rotatable bonds is 4. The number of aromatic nitrogens is 2. The Balaban J connectivity index is 2.21. The molecular formula is C13H22N4O2. The van der Waals surface area contributed by atoms with E-state index in [4.69, 9.17) is 4.74 Å². The molecule has 0 amide bonds. The van der Waals surface area contributed by atoms with Gasteiger partial charge >= 0.3 is 0 Å². The van der Waals surface area contributed by atoms with Crippen LogP contribution in [0.15, 0.2) is 6.20 Å². The molecule has 6 nitrogen and oxygen atoms in total. The fourth-order valence-corrected chi connectivity index (χ4v) is 2.32. The summed E-state index contributed by atoms with van der Waals surface area (Å²) in [7, 11) is 0. The summed E-state index contributed by atoms with van der Waals surface area (Å²) in [6.07, 6.45) is 1.76. The lowest BCUT2D eigenvalue weighted by Crippen LogP contribution is -2.48. The minimum atomic E-state index is -0.152. The highest BCUT2D eigenvalue weighted by molar-refractivity contribution is 5.49. The smallest absolute Gasteiger partial charge is 0.224 e. The van der Waals surface area contributed by atoms with Crippen molar-refractivity contribution in [2.45, 2.75) is 33.0 Å². The van der Waals surface area contributed by atoms with Gasteiger partial charge < -0.3 is 20.1 Å². The summed E-state index contributed by atoms with van der Waals surface area (Å²) < 4.78 is 5.65. The highest BCUT2D eigenvalue weighted by Crippen LogP contribution is 2.22. The molecule has 0 saturated carbocycles. The Morgan fingerprint density at radius 1 is 1.53 bits per heavy atom. The van der Waals surface area contributed by atoms with Gasteiger partial charge in [-0.2, -0.15) is 4.98 Å². The molecule has 2 unspecified atom stereocenters. The molecule has 1 aliphatic rings. The first kappa shape index (κ1) is 14.0. The molecule has 6 heteroatoms. The summed E-state index contributed by atoms with van der Waals surface area (Å²) in [4.78, 5) is 11.0. The van der Waals surface area contributed by atoms with E-state index in [1.807, 2.05) is 27.0 Å². The maximum absolute atomic E-state index is 9.28. The number of nitrogens with zero attached hydrogens (tertiary/aromatic N) is 3. The van der Waals surface area contributed by atoms with Gasteiger partial charge in [-0.15, -0.1) is 0 Å². The van der Waals surface area contributed by atoms with Crippen molar-refractivity contribution in [3.63, 3.8) is 0 Å². The zero-order valence-corrected chi connectivity index (χ0v) is 11.8. The summed E-state index contributed by atoms with van der Waals surface area (Å²) in [5, 5.41) is 12.4. The van der Waals surface area contributed by atoms with Gasteiger partial charge in [-0.05, 0) is 20.8 Å². The van der Waals surface area contributed by atoms with Gasteiger partial charge in [-0.3, -0.25) is 0 Å². The van der Waals surface area contributed by atoms with Crippen molar-refractivity contribution in [1.29, 1.82) is 0 Å². The molecule has 0 spiro atoms. The molecule has 0 aliphatic carbocycles. The predicted octanol–water partition coefficient (Wildman–Crippen LogP) is 0.803. The van der Waals surface area contributed by atoms with Gasteiger partial charge in [0, 0.05) is 31.4 Å². The standard InChI is InChI=1S/C13H22N4O2/c1-4-14-13-15-5-9(2)12(16-13)17-6-10(3)19-11(7-17)8-18/h5,10-11,18H,4,6-8H2,1-3H3,(H,14,15,16). The number of aliphatic hydroxyl groups excluding tert-OH is 1. The molecule has 0 radical (unpaired) electrons. The van der Waals surface area contributed by atoms with Gasteiger partial charge in [-0.1, -0.05) is 0 Å². The van der Waals surface area contributed by atoms with Crippen molar-refractivity contribution >= 4 is 11.8 Å². The molecule has 1 aromatic rings. The topological polar surface area (TPSA) is 70.5 Å². The Morgan fingerprint density at radius 3 is 3.00 bits per heavy atom. The second-order valence-corrected chi connectivity index (χ2v) is 4.89. The maximum Gasteiger partial charge on any atom is 0.224 e. The number of nitrogens with one attached hydrogen (secondary N) is 1. The van der Waals surface area contributed by atoms with Gasteiger partial charge in [0.2, 0.25) is 5.95 Å². The Morgan fingerprint density at radius 2 is 2.32 bits per heavy atom. The Kier molecular flexibility index (Phi) is 4.55. The van der Waals surface area contributed by atoms with Crippen LogP contribution >= 0.6 is 0 Å². The fourth-order valence-electron chi connectivity index (χ4n) is 2.32. The quantitative estimate of drug-likeness (QED) is 0.840. The molecule has 2 rings (SSSR count). The summed E-state index contributed by atoms with van der Waals surface area (Å²) in [6.45, 7) is 8.29. The highest BCUT2D eigenvalue weighted by Gasteiger charge is 2.26. The molecular weight excluding hydrogens is 244 g/mol. The van der Waals surface area contributed by atoms with Crippen molar-refractivity contribution in [2.75, 3.05) is 36.5 Å². The first-order valence-electron chi connectivity index (χ1n) is 6.72. The van der Waals surface area contributed by atoms with Crippen LogP contribution in [0.25, 0.3) is 0 Å². The number of hydrogen-bond donors (Lipinski definition) is 2. The van der Waals surface area contributed by atoms with Crippen LogP contribution in [0.4, 0.5) is 11.8 Å². The summed E-state index contributed by atoms with van der Waals surface area (Å²) in [5.74, 6) is 1.56. The van der Waals surface area contributed by atoms with E-state index in [1.54, 1.807) is 0 Å². The monoisotopic (exact) mass is 266 g/mol. The van der Waals surface area contributed by atoms with Gasteiger partial charge in [0.1, 0.15) is 5.82 Å². The van der Waals surface area contributed by atoms with Crippen LogP contribution in [-0.4, -0.2) is 53.5 Å². The third kappa shape index (κ3) is 3.33. The van der Waals surface area contributed by atoms with Crippen LogP contribution in [0.3, 0.4) is 0 Å². The number of hydrogen-bond acceptors (Lipinski definition) is 6. The lowest BCUT2D eigenvalue weighted by atomic mass is 10.2. The third-order valence-corrected chi connectivity index (χ3v) is 3.11. The zero-order chi connectivity index (χ0) is 13.8. The molecule has 0 aromatic carbocycles. The summed E-state index contributed by atoms with van der Waals surface area (Å²) in [6, 6.07) is 0. The summed E-state index contributed by atoms with van der Waals surface area (Å²) in [5.41, 5.74) is 1.03. The molecule has 1 aromatic heterocycles. The van der Waals surface area contributed by atoms with Crippen molar-refractivity contribution < 1.29 is 9.84 Å². The number of ether oxygens (including phenoxy) is 1. The minimum absolute atomic E-state index is 0.0328. The van der Waals surface area contributed by atoms with Gasteiger partial charge in [-0.25, -0.2) is 4.98 Å². The van der Waals surface area contributed by atoms with Crippen LogP contribution in [0.5, 0.6) is 0 Å². The molecule has 2 atom stereocenters. The third-order valence-electron chi connectivity index (χ3n) is 3.11. The molecule has 1 fully saturated rings. The highest BCUT2D eigenvalue weighted by atomic mass is 16.5. The lowest BCUT2D eigenvalue weighted by Gasteiger charge is -2.37. The molecule has 106 valence electrons. The molecule has 2 N–H and O–H groups in total. The van der Waals surface area contributed by atoms with Crippen LogP contribution in [-0.2, 0) is 4.74 Å². The largest absolute Gasteiger partial charge is 0.394 e. The average Bonchev–Trinajstić information content (AvgIpc) is 2.40. The van der Waals surface area contributed by atoms with Crippen molar-refractivity contribution in [3.05, 3.63) is 11.8 Å². The first-order chi connectivity index (χ1) is 9.13. The number of anilines is 2. The second kappa shape index (κ2) is 6.16. The van der Waals surface area contributed by atoms with E-state index in [0.717, 1.165) is 24.5 Å². The molecule has 1 aliphatic heterocycles. The molecule has 2 heterocycles. The van der Waals surface area contributed by atoms with E-state index in [1.165, 1.54) is 0 Å². The Labute approximate surface area is 113 Å². The number of aliphatic hydroxyl groups is 1. The van der Waals surface area contributed by atoms with E-state index in [-0.39, 0.29) is 18.8 Å². The molecule has 19 heavy (non-hydrogen) atoms. The van der Waals surface area contributed by atoms with Gasteiger partial charge in [0.15, 0.2) is 0 Å². The van der Waals surface area contributed by atoms with Crippen LogP contribution in [0, 0.1) is 6.92 Å². The molecule has 0 bridgehead atoms. The predicted molar refractivity (Wildman–Crippen MR) is 74.6 cm³/mol. The van der Waals surface area contributed by atoms with E-state index >= 15 is 0 Å². The van der Waals surface area contributed by atoms with Crippen molar-refractivity contribution in [3.8, 4) is 0 Å². The van der Waals surface area contributed by atoms with Gasteiger partial charge in [0.05, 0.1) is 18.8 Å². The van der Waals surface area contributed by atoms with E-state index in [9.17, 15) is 5.11 Å². The lowest BCUT2D eigenvalue weighted by molar-refractivity contribution is -0.0423. The Hall–Kier alpha value is -1.40. The molecule has 1 saturated heterocycles. The van der Waals surface area contributed by atoms with Crippen LogP contribution in [0.2, 0.25) is 0 Å². The normalized spacial score (nSPS) is 23.5. The Bertz CT molecular complexity index is 427. The number of morpholine rings is 1. The first-order valence-corrected chi connectivity index (χ1v) is 6.72. The number of aryl methyl sites for hydroxylation is 1. The van der Waals surface area contributed by atoms with Crippen LogP contribution in [0.1, 0.15) is 19.4 Å². The fraction of sp³-hybridized carbons (Fsp3) is 0.692. The SMILES string of the molecule is CCNc1ncc(C)c(N2CC(C)OC(CO)C2)n1. The van der Waals surface area contributed by atoms with Crippen molar-refractivity contribution in [1.82, 2.24) is 9.97 Å². The maximum atomic E-state index is 9.28. The minimum Gasteiger partial charge on any atom is -0.394 e. The van der Waals surface area contributed by atoms with E-state index in [2.05, 4.69) is 20.2 Å². The van der Waals surface area contributed by atoms with Gasteiger partial charge in [0.25, 0.3) is 0 Å².